The lowest BCUT2D eigenvalue weighted by Gasteiger charge is -2.07. The van der Waals surface area contributed by atoms with Crippen LogP contribution < -0.4 is 4.74 Å². The second-order valence-electron chi connectivity index (χ2n) is 4.52. The maximum Gasteiger partial charge on any atom is 0.127 e. The largest absolute Gasteiger partial charge is 0.457 e. The molecule has 0 fully saturated rings. The van der Waals surface area contributed by atoms with Crippen molar-refractivity contribution in [1.29, 1.82) is 0 Å². The predicted octanol–water partition coefficient (Wildman–Crippen LogP) is 6.07. The number of hydrogen-bond donors (Lipinski definition) is 0. The van der Waals surface area contributed by atoms with Crippen molar-refractivity contribution in [3.05, 3.63) is 82.9 Å². The molecule has 0 aliphatic rings. The second-order valence-corrected chi connectivity index (χ2v) is 5.03. The number of benzene rings is 2. The molecule has 3 heteroatoms. The summed E-state index contributed by atoms with van der Waals surface area (Å²) < 4.78 is 5.81. The molecule has 0 saturated heterocycles. The average Bonchev–Trinajstić information content (AvgIpc) is 2.53. The molecule has 0 aliphatic heterocycles. The zero-order valence-corrected chi connectivity index (χ0v) is 13.0. The fraction of sp³-hybridized carbons (Fsp3) is 0.111. The first-order valence-electron chi connectivity index (χ1n) is 6.68. The van der Waals surface area contributed by atoms with Crippen molar-refractivity contribution in [2.75, 3.05) is 0 Å². The Bertz CT molecular complexity index is 543. The van der Waals surface area contributed by atoms with Crippen LogP contribution in [0.3, 0.4) is 0 Å². The standard InChI is InChI=1S/C18H16Cl2O/c19-13-1-3-15-5-9-17(10-6-15)21-18-11-7-16(8-12-18)4-2-14-20/h1-2,5-14H,3-4H2. The van der Waals surface area contributed by atoms with Crippen molar-refractivity contribution in [2.24, 2.45) is 0 Å². The molecular weight excluding hydrogens is 303 g/mol. The minimum Gasteiger partial charge on any atom is -0.457 e. The van der Waals surface area contributed by atoms with Gasteiger partial charge in [0.2, 0.25) is 0 Å². The highest BCUT2D eigenvalue weighted by atomic mass is 35.5. The van der Waals surface area contributed by atoms with Crippen LogP contribution in [0.5, 0.6) is 11.5 Å². The minimum absolute atomic E-state index is 0.821. The molecule has 2 aromatic rings. The van der Waals surface area contributed by atoms with Gasteiger partial charge in [-0.25, -0.2) is 0 Å². The first-order valence-corrected chi connectivity index (χ1v) is 7.55. The van der Waals surface area contributed by atoms with Crippen LogP contribution in [0, 0.1) is 0 Å². The Morgan fingerprint density at radius 3 is 1.38 bits per heavy atom. The van der Waals surface area contributed by atoms with E-state index >= 15 is 0 Å². The van der Waals surface area contributed by atoms with Gasteiger partial charge in [-0.1, -0.05) is 59.6 Å². The summed E-state index contributed by atoms with van der Waals surface area (Å²) in [6.07, 6.45) is 5.47. The molecule has 2 rings (SSSR count). The molecular formula is C18H16Cl2O. The van der Waals surface area contributed by atoms with Gasteiger partial charge in [0.15, 0.2) is 0 Å². The molecule has 0 spiro atoms. The topological polar surface area (TPSA) is 9.23 Å². The maximum absolute atomic E-state index is 5.81. The van der Waals surface area contributed by atoms with Gasteiger partial charge in [-0.2, -0.15) is 0 Å². The molecule has 0 aliphatic carbocycles. The summed E-state index contributed by atoms with van der Waals surface area (Å²) in [6.45, 7) is 0. The molecule has 2 aromatic carbocycles. The van der Waals surface area contributed by atoms with Gasteiger partial charge in [0.1, 0.15) is 11.5 Å². The van der Waals surface area contributed by atoms with Gasteiger partial charge in [0, 0.05) is 11.1 Å². The van der Waals surface area contributed by atoms with Crippen molar-refractivity contribution >= 4 is 23.2 Å². The first-order chi connectivity index (χ1) is 10.3. The van der Waals surface area contributed by atoms with E-state index in [0.717, 1.165) is 24.3 Å². The Morgan fingerprint density at radius 1 is 0.667 bits per heavy atom. The van der Waals surface area contributed by atoms with E-state index in [1.807, 2.05) is 60.7 Å². The zero-order valence-electron chi connectivity index (χ0n) is 11.5. The van der Waals surface area contributed by atoms with E-state index < -0.39 is 0 Å². The molecule has 108 valence electrons. The van der Waals surface area contributed by atoms with Crippen LogP contribution in [-0.4, -0.2) is 0 Å². The highest BCUT2D eigenvalue weighted by molar-refractivity contribution is 6.25. The molecule has 0 atom stereocenters. The maximum atomic E-state index is 5.81. The highest BCUT2D eigenvalue weighted by Crippen LogP contribution is 2.22. The summed E-state index contributed by atoms with van der Waals surface area (Å²) in [5.41, 5.74) is 5.46. The Kier molecular flexibility index (Phi) is 6.39. The van der Waals surface area contributed by atoms with Crippen molar-refractivity contribution in [3.63, 3.8) is 0 Å². The Balaban J connectivity index is 1.97. The van der Waals surface area contributed by atoms with Crippen molar-refractivity contribution < 1.29 is 4.74 Å². The molecule has 21 heavy (non-hydrogen) atoms. The molecule has 0 amide bonds. The van der Waals surface area contributed by atoms with E-state index in [1.54, 1.807) is 0 Å². The third kappa shape index (κ3) is 5.30. The average molecular weight is 319 g/mol. The number of rotatable bonds is 6. The molecule has 0 heterocycles. The molecule has 0 N–H and O–H groups in total. The lowest BCUT2D eigenvalue weighted by molar-refractivity contribution is 0.482. The normalized spacial score (nSPS) is 11.3. The van der Waals surface area contributed by atoms with Crippen molar-refractivity contribution in [3.8, 4) is 11.5 Å². The van der Waals surface area contributed by atoms with Crippen LogP contribution in [0.1, 0.15) is 11.1 Å². The van der Waals surface area contributed by atoms with E-state index in [1.165, 1.54) is 22.2 Å². The van der Waals surface area contributed by atoms with Gasteiger partial charge in [0.05, 0.1) is 0 Å². The lowest BCUT2D eigenvalue weighted by Crippen LogP contribution is -1.87. The van der Waals surface area contributed by atoms with Crippen LogP contribution in [0.4, 0.5) is 0 Å². The van der Waals surface area contributed by atoms with E-state index in [9.17, 15) is 0 Å². The molecule has 0 bridgehead atoms. The quantitative estimate of drug-likeness (QED) is 0.628. The van der Waals surface area contributed by atoms with E-state index in [0.29, 0.717) is 0 Å². The smallest absolute Gasteiger partial charge is 0.127 e. The van der Waals surface area contributed by atoms with Crippen molar-refractivity contribution in [2.45, 2.75) is 12.8 Å². The third-order valence-electron chi connectivity index (χ3n) is 2.97. The van der Waals surface area contributed by atoms with Crippen LogP contribution in [-0.2, 0) is 12.8 Å². The second kappa shape index (κ2) is 8.56. The first kappa shape index (κ1) is 15.7. The zero-order chi connectivity index (χ0) is 14.9. The van der Waals surface area contributed by atoms with Crippen LogP contribution in [0.2, 0.25) is 0 Å². The van der Waals surface area contributed by atoms with E-state index in [-0.39, 0.29) is 0 Å². The van der Waals surface area contributed by atoms with Gasteiger partial charge in [-0.3, -0.25) is 0 Å². The fourth-order valence-electron chi connectivity index (χ4n) is 1.88. The van der Waals surface area contributed by atoms with E-state index in [4.69, 9.17) is 27.9 Å². The Morgan fingerprint density at radius 2 is 1.05 bits per heavy atom. The van der Waals surface area contributed by atoms with Gasteiger partial charge < -0.3 is 4.74 Å². The summed E-state index contributed by atoms with van der Waals surface area (Å²) in [7, 11) is 0. The minimum atomic E-state index is 0.821. The lowest BCUT2D eigenvalue weighted by atomic mass is 10.1. The van der Waals surface area contributed by atoms with Crippen LogP contribution >= 0.6 is 23.2 Å². The molecule has 0 aromatic heterocycles. The summed E-state index contributed by atoms with van der Waals surface area (Å²) in [5.74, 6) is 1.64. The molecule has 0 saturated carbocycles. The van der Waals surface area contributed by atoms with Gasteiger partial charge in [-0.05, 0) is 48.2 Å². The monoisotopic (exact) mass is 318 g/mol. The van der Waals surface area contributed by atoms with Gasteiger partial charge >= 0.3 is 0 Å². The summed E-state index contributed by atoms with van der Waals surface area (Å²) >= 11 is 11.0. The number of allylic oxidation sites excluding steroid dienone is 2. The third-order valence-corrected chi connectivity index (χ3v) is 3.32. The number of halogens is 2. The molecule has 0 radical (unpaired) electrons. The Hall–Kier alpha value is -1.70. The Labute approximate surface area is 135 Å². The number of hydrogen-bond acceptors (Lipinski definition) is 1. The van der Waals surface area contributed by atoms with E-state index in [2.05, 4.69) is 0 Å². The highest BCUT2D eigenvalue weighted by Gasteiger charge is 1.98. The predicted molar refractivity (Wildman–Crippen MR) is 90.4 cm³/mol. The summed E-state index contributed by atoms with van der Waals surface area (Å²) in [5, 5.41) is 0. The van der Waals surface area contributed by atoms with Gasteiger partial charge in [0.25, 0.3) is 0 Å². The number of ether oxygens (including phenoxy) is 1. The van der Waals surface area contributed by atoms with Crippen LogP contribution in [0.15, 0.2) is 71.8 Å². The SMILES string of the molecule is ClC=CCc1ccc(Oc2ccc(CC=CCl)cc2)cc1. The van der Waals surface area contributed by atoms with Crippen LogP contribution in [0.25, 0.3) is 0 Å². The van der Waals surface area contributed by atoms with Crippen molar-refractivity contribution in [1.82, 2.24) is 0 Å². The molecule has 0 unspecified atom stereocenters. The van der Waals surface area contributed by atoms with Gasteiger partial charge in [-0.15, -0.1) is 0 Å². The summed E-state index contributed by atoms with van der Waals surface area (Å²) in [4.78, 5) is 0. The summed E-state index contributed by atoms with van der Waals surface area (Å²) in [6, 6.07) is 16.0. The molecule has 1 nitrogen and oxygen atoms in total. The fourth-order valence-corrected chi connectivity index (χ4v) is 2.06.